The van der Waals surface area contributed by atoms with Crippen LogP contribution in [0, 0.1) is 5.92 Å². The largest absolute Gasteiger partial charge is 0.337 e. The SMILES string of the molecule is O=C(NCCS(=O)(=O)NCC1CCC1)Nc1cccnc1Cl. The van der Waals surface area contributed by atoms with Crippen LogP contribution in [0.15, 0.2) is 18.3 Å². The Morgan fingerprint density at radius 2 is 2.18 bits per heavy atom. The van der Waals surface area contributed by atoms with E-state index in [0.717, 1.165) is 12.8 Å². The summed E-state index contributed by atoms with van der Waals surface area (Å²) in [6.45, 7) is 0.504. The molecule has 0 saturated heterocycles. The third kappa shape index (κ3) is 5.43. The van der Waals surface area contributed by atoms with Gasteiger partial charge in [-0.05, 0) is 30.9 Å². The number of nitrogens with zero attached hydrogens (tertiary/aromatic N) is 1. The number of amides is 2. The molecule has 7 nitrogen and oxygen atoms in total. The zero-order chi connectivity index (χ0) is 16.0. The Morgan fingerprint density at radius 1 is 1.41 bits per heavy atom. The van der Waals surface area contributed by atoms with Crippen LogP contribution >= 0.6 is 11.6 Å². The minimum atomic E-state index is -3.36. The van der Waals surface area contributed by atoms with Crippen LogP contribution in [0.1, 0.15) is 19.3 Å². The summed E-state index contributed by atoms with van der Waals surface area (Å²) in [4.78, 5) is 15.5. The third-order valence-electron chi connectivity index (χ3n) is 3.48. The van der Waals surface area contributed by atoms with Gasteiger partial charge >= 0.3 is 6.03 Å². The first-order valence-corrected chi connectivity index (χ1v) is 9.12. The zero-order valence-corrected chi connectivity index (χ0v) is 13.6. The van der Waals surface area contributed by atoms with Gasteiger partial charge < -0.3 is 10.6 Å². The lowest BCUT2D eigenvalue weighted by Crippen LogP contribution is -2.38. The normalized spacial score (nSPS) is 15.1. The molecule has 1 heterocycles. The average molecular weight is 347 g/mol. The number of aromatic nitrogens is 1. The maximum absolute atomic E-state index is 11.8. The Hall–Kier alpha value is -1.38. The monoisotopic (exact) mass is 346 g/mol. The molecule has 1 fully saturated rings. The number of urea groups is 1. The van der Waals surface area contributed by atoms with E-state index in [2.05, 4.69) is 20.3 Å². The molecule has 1 aromatic heterocycles. The zero-order valence-electron chi connectivity index (χ0n) is 12.0. The number of nitrogens with one attached hydrogen (secondary N) is 3. The molecule has 1 saturated carbocycles. The van der Waals surface area contributed by atoms with Crippen molar-refractivity contribution in [2.75, 3.05) is 24.2 Å². The molecule has 0 spiro atoms. The van der Waals surface area contributed by atoms with Crippen molar-refractivity contribution >= 4 is 33.3 Å². The van der Waals surface area contributed by atoms with Gasteiger partial charge in [0.25, 0.3) is 0 Å². The fourth-order valence-electron chi connectivity index (χ4n) is 1.96. The predicted octanol–water partition coefficient (Wildman–Crippen LogP) is 1.58. The minimum absolute atomic E-state index is 0.0176. The van der Waals surface area contributed by atoms with Gasteiger partial charge in [0.1, 0.15) is 0 Å². The Labute approximate surface area is 134 Å². The number of anilines is 1. The van der Waals surface area contributed by atoms with E-state index in [-0.39, 0.29) is 17.5 Å². The molecule has 2 amide bonds. The number of carbonyl (C=O) groups is 1. The fraction of sp³-hybridized carbons (Fsp3) is 0.538. The van der Waals surface area contributed by atoms with Crippen LogP contribution in [0.4, 0.5) is 10.5 Å². The fourth-order valence-corrected chi connectivity index (χ4v) is 3.13. The second-order valence-electron chi connectivity index (χ2n) is 5.19. The average Bonchev–Trinajstić information content (AvgIpc) is 2.39. The van der Waals surface area contributed by atoms with Crippen LogP contribution in [-0.4, -0.2) is 38.3 Å². The Morgan fingerprint density at radius 3 is 2.82 bits per heavy atom. The highest BCUT2D eigenvalue weighted by Crippen LogP contribution is 2.25. The maximum Gasteiger partial charge on any atom is 0.319 e. The smallest absolute Gasteiger partial charge is 0.319 e. The first-order chi connectivity index (χ1) is 10.5. The van der Waals surface area contributed by atoms with E-state index in [4.69, 9.17) is 11.6 Å². The van der Waals surface area contributed by atoms with Gasteiger partial charge in [0, 0.05) is 19.3 Å². The molecule has 0 bridgehead atoms. The summed E-state index contributed by atoms with van der Waals surface area (Å²) < 4.78 is 26.1. The van der Waals surface area contributed by atoms with E-state index in [9.17, 15) is 13.2 Å². The summed E-state index contributed by atoms with van der Waals surface area (Å²) >= 11 is 5.81. The predicted molar refractivity (Wildman–Crippen MR) is 85.4 cm³/mol. The quantitative estimate of drug-likeness (QED) is 0.652. The Bertz CT molecular complexity index is 619. The van der Waals surface area contributed by atoms with Crippen molar-refractivity contribution in [1.82, 2.24) is 15.0 Å². The summed E-state index contributed by atoms with van der Waals surface area (Å²) in [6.07, 6.45) is 4.83. The van der Waals surface area contributed by atoms with E-state index in [1.54, 1.807) is 12.1 Å². The van der Waals surface area contributed by atoms with Gasteiger partial charge in [0.05, 0.1) is 11.4 Å². The first kappa shape index (κ1) is 17.0. The van der Waals surface area contributed by atoms with E-state index < -0.39 is 16.1 Å². The summed E-state index contributed by atoms with van der Waals surface area (Å²) in [6, 6.07) is 2.71. The lowest BCUT2D eigenvalue weighted by atomic mass is 9.86. The van der Waals surface area contributed by atoms with Crippen molar-refractivity contribution in [1.29, 1.82) is 0 Å². The van der Waals surface area contributed by atoms with Gasteiger partial charge in [0.15, 0.2) is 5.15 Å². The van der Waals surface area contributed by atoms with E-state index in [1.807, 2.05) is 0 Å². The molecule has 0 unspecified atom stereocenters. The summed E-state index contributed by atoms with van der Waals surface area (Å²) in [5, 5.41) is 5.15. The molecule has 0 atom stereocenters. The maximum atomic E-state index is 11.8. The first-order valence-electron chi connectivity index (χ1n) is 7.09. The van der Waals surface area contributed by atoms with Gasteiger partial charge in [-0.1, -0.05) is 18.0 Å². The highest BCUT2D eigenvalue weighted by atomic mass is 35.5. The molecule has 9 heteroatoms. The number of pyridine rings is 1. The van der Waals surface area contributed by atoms with Crippen LogP contribution in [0.5, 0.6) is 0 Å². The van der Waals surface area contributed by atoms with Gasteiger partial charge in [-0.2, -0.15) is 0 Å². The number of hydrogen-bond donors (Lipinski definition) is 3. The minimum Gasteiger partial charge on any atom is -0.337 e. The van der Waals surface area contributed by atoms with Crippen LogP contribution in [0.3, 0.4) is 0 Å². The van der Waals surface area contributed by atoms with Crippen molar-refractivity contribution in [2.24, 2.45) is 5.92 Å². The molecule has 2 rings (SSSR count). The summed E-state index contributed by atoms with van der Waals surface area (Å²) in [5.74, 6) is 0.298. The van der Waals surface area contributed by atoms with Gasteiger partial charge in [-0.25, -0.2) is 22.9 Å². The number of rotatable bonds is 7. The molecule has 1 aliphatic rings. The van der Waals surface area contributed by atoms with Crippen molar-refractivity contribution in [3.63, 3.8) is 0 Å². The van der Waals surface area contributed by atoms with Crippen LogP contribution < -0.4 is 15.4 Å². The number of sulfonamides is 1. The van der Waals surface area contributed by atoms with Crippen LogP contribution in [0.25, 0.3) is 0 Å². The highest BCUT2D eigenvalue weighted by Gasteiger charge is 2.20. The molecule has 122 valence electrons. The number of carbonyl (C=O) groups excluding carboxylic acids is 1. The molecular formula is C13H19ClN4O3S. The molecule has 0 aromatic carbocycles. The third-order valence-corrected chi connectivity index (χ3v) is 5.13. The topological polar surface area (TPSA) is 100 Å². The van der Waals surface area contributed by atoms with Crippen molar-refractivity contribution in [3.05, 3.63) is 23.5 Å². The Kier molecular flexibility index (Phi) is 5.98. The van der Waals surface area contributed by atoms with E-state index >= 15 is 0 Å². The molecule has 0 radical (unpaired) electrons. The number of halogens is 1. The lowest BCUT2D eigenvalue weighted by molar-refractivity contribution is 0.252. The van der Waals surface area contributed by atoms with Crippen molar-refractivity contribution in [2.45, 2.75) is 19.3 Å². The second-order valence-corrected chi connectivity index (χ2v) is 7.47. The van der Waals surface area contributed by atoms with Crippen LogP contribution in [-0.2, 0) is 10.0 Å². The van der Waals surface area contributed by atoms with Crippen molar-refractivity contribution < 1.29 is 13.2 Å². The molecule has 0 aliphatic heterocycles. The Balaban J connectivity index is 1.68. The van der Waals surface area contributed by atoms with E-state index in [0.29, 0.717) is 18.2 Å². The standard InChI is InChI=1S/C13H19ClN4O3S/c14-12-11(5-2-6-15-12)18-13(19)16-7-8-22(20,21)17-9-10-3-1-4-10/h2,5-6,10,17H,1,3-4,7-9H2,(H2,16,18,19). The van der Waals surface area contributed by atoms with Gasteiger partial charge in [-0.3, -0.25) is 0 Å². The molecule has 1 aromatic rings. The van der Waals surface area contributed by atoms with E-state index in [1.165, 1.54) is 12.6 Å². The molecule has 22 heavy (non-hydrogen) atoms. The summed E-state index contributed by atoms with van der Waals surface area (Å²) in [5.41, 5.74) is 0.368. The van der Waals surface area contributed by atoms with Crippen LogP contribution in [0.2, 0.25) is 5.15 Å². The summed E-state index contributed by atoms with van der Waals surface area (Å²) in [7, 11) is -3.36. The second kappa shape index (κ2) is 7.75. The molecule has 1 aliphatic carbocycles. The molecular weight excluding hydrogens is 328 g/mol. The molecule has 3 N–H and O–H groups in total. The van der Waals surface area contributed by atoms with Gasteiger partial charge in [-0.15, -0.1) is 0 Å². The highest BCUT2D eigenvalue weighted by molar-refractivity contribution is 7.89. The van der Waals surface area contributed by atoms with Crippen molar-refractivity contribution in [3.8, 4) is 0 Å². The lowest BCUT2D eigenvalue weighted by Gasteiger charge is -2.25. The number of hydrogen-bond acceptors (Lipinski definition) is 4. The van der Waals surface area contributed by atoms with Gasteiger partial charge in [0.2, 0.25) is 10.0 Å².